The molecule has 0 heterocycles. The fraction of sp³-hybridized carbons (Fsp3) is 0.550. The molecule has 112 valence electrons. The highest BCUT2D eigenvalue weighted by atomic mass is 14.3. The van der Waals surface area contributed by atoms with Crippen molar-refractivity contribution in [3.8, 4) is 6.07 Å². The van der Waals surface area contributed by atoms with Crippen molar-refractivity contribution in [1.82, 2.24) is 0 Å². The summed E-state index contributed by atoms with van der Waals surface area (Å²) in [4.78, 5) is 0. The molecule has 0 atom stereocenters. The molecule has 1 aliphatic rings. The highest BCUT2D eigenvalue weighted by molar-refractivity contribution is 5.44. The van der Waals surface area contributed by atoms with E-state index >= 15 is 0 Å². The Morgan fingerprint density at radius 2 is 2.00 bits per heavy atom. The number of allylic oxidation sites excluding steroid dienone is 1. The Morgan fingerprint density at radius 1 is 1.33 bits per heavy atom. The maximum atomic E-state index is 9.42. The van der Waals surface area contributed by atoms with Crippen LogP contribution in [0.1, 0.15) is 61.8 Å². The molecule has 1 aromatic rings. The van der Waals surface area contributed by atoms with Crippen LogP contribution in [0, 0.1) is 29.6 Å². The van der Waals surface area contributed by atoms with E-state index in [1.807, 2.05) is 0 Å². The molecule has 0 unspecified atom stereocenters. The summed E-state index contributed by atoms with van der Waals surface area (Å²) in [5.74, 6) is 0.719. The first-order valence-corrected chi connectivity index (χ1v) is 8.17. The molecule has 0 aliphatic heterocycles. The van der Waals surface area contributed by atoms with Crippen molar-refractivity contribution in [3.63, 3.8) is 0 Å². The van der Waals surface area contributed by atoms with Crippen LogP contribution in [0.3, 0.4) is 0 Å². The van der Waals surface area contributed by atoms with E-state index in [4.69, 9.17) is 0 Å². The van der Waals surface area contributed by atoms with Gasteiger partial charge in [0.2, 0.25) is 0 Å². The van der Waals surface area contributed by atoms with Gasteiger partial charge in [0.05, 0.1) is 11.6 Å². The van der Waals surface area contributed by atoms with Crippen LogP contribution in [0.25, 0.3) is 0 Å². The first-order valence-electron chi connectivity index (χ1n) is 8.17. The van der Waals surface area contributed by atoms with Crippen LogP contribution < -0.4 is 0 Å². The van der Waals surface area contributed by atoms with E-state index in [1.165, 1.54) is 42.4 Å². The number of nitrogens with zero attached hydrogens (tertiary/aromatic N) is 1. The minimum Gasteiger partial charge on any atom is -0.192 e. The molecule has 0 saturated heterocycles. The zero-order chi connectivity index (χ0) is 15.5. The summed E-state index contributed by atoms with van der Waals surface area (Å²) in [7, 11) is 0. The molecule has 1 nitrogen and oxygen atoms in total. The number of hydrogen-bond donors (Lipinski definition) is 0. The van der Waals surface area contributed by atoms with Crippen LogP contribution in [0.5, 0.6) is 0 Å². The van der Waals surface area contributed by atoms with Gasteiger partial charge < -0.3 is 0 Å². The molecule has 1 saturated carbocycles. The molecule has 0 bridgehead atoms. The van der Waals surface area contributed by atoms with Gasteiger partial charge in [-0.15, -0.1) is 6.58 Å². The molecule has 21 heavy (non-hydrogen) atoms. The van der Waals surface area contributed by atoms with Crippen LogP contribution in [-0.2, 0) is 12.8 Å². The van der Waals surface area contributed by atoms with Gasteiger partial charge in [-0.25, -0.2) is 0 Å². The third-order valence-electron chi connectivity index (χ3n) is 5.31. The number of rotatable bonds is 4. The monoisotopic (exact) mass is 281 g/mol. The predicted molar refractivity (Wildman–Crippen MR) is 89.2 cm³/mol. The van der Waals surface area contributed by atoms with E-state index in [2.05, 4.69) is 51.6 Å². The van der Waals surface area contributed by atoms with E-state index in [0.717, 1.165) is 24.3 Å². The number of nitriles is 1. The van der Waals surface area contributed by atoms with Gasteiger partial charge in [-0.3, -0.25) is 0 Å². The molecular formula is C20H27N. The Morgan fingerprint density at radius 3 is 2.52 bits per heavy atom. The van der Waals surface area contributed by atoms with E-state index < -0.39 is 0 Å². The number of benzene rings is 1. The highest BCUT2D eigenvalue weighted by Crippen LogP contribution is 2.40. The highest BCUT2D eigenvalue weighted by Gasteiger charge is 2.28. The lowest BCUT2D eigenvalue weighted by Gasteiger charge is -2.35. The maximum absolute atomic E-state index is 9.42. The molecule has 0 radical (unpaired) electrons. The second-order valence-electron chi connectivity index (χ2n) is 6.91. The summed E-state index contributed by atoms with van der Waals surface area (Å²) in [6.07, 6.45) is 9.15. The minimum absolute atomic E-state index is 0.330. The third-order valence-corrected chi connectivity index (χ3v) is 5.31. The lowest BCUT2D eigenvalue weighted by Crippen LogP contribution is -2.23. The normalized spacial score (nSPS) is 25.3. The molecule has 0 spiro atoms. The molecule has 1 fully saturated rings. The van der Waals surface area contributed by atoms with E-state index in [9.17, 15) is 5.26 Å². The SMILES string of the molecule is C=CC1(C)CCC(Cc2cc(C)c(CC)cc2C#N)CC1. The Kier molecular flexibility index (Phi) is 4.88. The predicted octanol–water partition coefficient (Wildman–Crippen LogP) is 5.35. The van der Waals surface area contributed by atoms with E-state index in [1.54, 1.807) is 0 Å². The zero-order valence-corrected chi connectivity index (χ0v) is 13.7. The first kappa shape index (κ1) is 15.8. The number of hydrogen-bond acceptors (Lipinski definition) is 1. The summed E-state index contributed by atoms with van der Waals surface area (Å²) >= 11 is 0. The average Bonchev–Trinajstić information content (AvgIpc) is 2.50. The Labute approximate surface area is 129 Å². The summed E-state index contributed by atoms with van der Waals surface area (Å²) in [6, 6.07) is 6.75. The van der Waals surface area contributed by atoms with Crippen molar-refractivity contribution < 1.29 is 0 Å². The molecule has 1 aromatic carbocycles. The first-order chi connectivity index (χ1) is 10.0. The molecule has 0 amide bonds. The number of aryl methyl sites for hydroxylation is 2. The van der Waals surface area contributed by atoms with Crippen molar-refractivity contribution in [2.24, 2.45) is 11.3 Å². The van der Waals surface area contributed by atoms with Crippen LogP contribution in [-0.4, -0.2) is 0 Å². The van der Waals surface area contributed by atoms with Crippen molar-refractivity contribution in [2.75, 3.05) is 0 Å². The Balaban J connectivity index is 2.12. The zero-order valence-electron chi connectivity index (χ0n) is 13.7. The third kappa shape index (κ3) is 3.56. The molecule has 2 rings (SSSR count). The van der Waals surface area contributed by atoms with Gasteiger partial charge in [-0.1, -0.05) is 26.0 Å². The minimum atomic E-state index is 0.330. The van der Waals surface area contributed by atoms with Crippen LogP contribution in [0.15, 0.2) is 24.8 Å². The van der Waals surface area contributed by atoms with Crippen LogP contribution in [0.2, 0.25) is 0 Å². The molecule has 0 aromatic heterocycles. The van der Waals surface area contributed by atoms with Gasteiger partial charge >= 0.3 is 0 Å². The fourth-order valence-corrected chi connectivity index (χ4v) is 3.52. The van der Waals surface area contributed by atoms with E-state index in [-0.39, 0.29) is 0 Å². The Bertz CT molecular complexity index is 554. The Hall–Kier alpha value is -1.55. The second kappa shape index (κ2) is 6.48. The van der Waals surface area contributed by atoms with Crippen molar-refractivity contribution >= 4 is 0 Å². The smallest absolute Gasteiger partial charge is 0.0994 e. The average molecular weight is 281 g/mol. The van der Waals surface area contributed by atoms with Gasteiger partial charge in [0, 0.05) is 0 Å². The van der Waals surface area contributed by atoms with Crippen LogP contribution >= 0.6 is 0 Å². The molecule has 0 N–H and O–H groups in total. The van der Waals surface area contributed by atoms with Gasteiger partial charge in [0.1, 0.15) is 0 Å². The molecule has 1 aliphatic carbocycles. The van der Waals surface area contributed by atoms with Gasteiger partial charge in [0.15, 0.2) is 0 Å². The van der Waals surface area contributed by atoms with Gasteiger partial charge in [-0.05, 0) is 79.5 Å². The topological polar surface area (TPSA) is 23.8 Å². The van der Waals surface area contributed by atoms with Crippen molar-refractivity contribution in [1.29, 1.82) is 5.26 Å². The summed E-state index contributed by atoms with van der Waals surface area (Å²) in [5.41, 5.74) is 5.10. The largest absolute Gasteiger partial charge is 0.192 e. The molecular weight excluding hydrogens is 254 g/mol. The lowest BCUT2D eigenvalue weighted by atomic mass is 9.70. The second-order valence-corrected chi connectivity index (χ2v) is 6.91. The van der Waals surface area contributed by atoms with E-state index in [0.29, 0.717) is 5.41 Å². The van der Waals surface area contributed by atoms with Gasteiger partial charge in [-0.2, -0.15) is 5.26 Å². The molecule has 1 heteroatoms. The lowest BCUT2D eigenvalue weighted by molar-refractivity contribution is 0.221. The standard InChI is InChI=1S/C20H27N/c1-5-17-13-19(14-21)18(11-15(17)3)12-16-7-9-20(4,6-2)10-8-16/h6,11,13,16H,2,5,7-10,12H2,1,3-4H3. The summed E-state index contributed by atoms with van der Waals surface area (Å²) in [5, 5.41) is 9.42. The fourth-order valence-electron chi connectivity index (χ4n) is 3.52. The summed E-state index contributed by atoms with van der Waals surface area (Å²) in [6.45, 7) is 10.6. The maximum Gasteiger partial charge on any atom is 0.0994 e. The van der Waals surface area contributed by atoms with Crippen LogP contribution in [0.4, 0.5) is 0 Å². The summed E-state index contributed by atoms with van der Waals surface area (Å²) < 4.78 is 0. The van der Waals surface area contributed by atoms with Crippen molar-refractivity contribution in [2.45, 2.75) is 59.3 Å². The quantitative estimate of drug-likeness (QED) is 0.682. The van der Waals surface area contributed by atoms with Gasteiger partial charge in [0.25, 0.3) is 0 Å². The van der Waals surface area contributed by atoms with Crippen molar-refractivity contribution in [3.05, 3.63) is 47.0 Å².